The van der Waals surface area contributed by atoms with Gasteiger partial charge in [-0.1, -0.05) is 36.4 Å². The summed E-state index contributed by atoms with van der Waals surface area (Å²) in [5.41, 5.74) is -2.13. The summed E-state index contributed by atoms with van der Waals surface area (Å²) in [4.78, 5) is 40.4. The number of hydrogen-bond donors (Lipinski definition) is 1. The molecule has 3 saturated heterocycles. The predicted molar refractivity (Wildman–Crippen MR) is 199 cm³/mol. The number of aromatic nitrogens is 1. The van der Waals surface area contributed by atoms with Gasteiger partial charge in [0.2, 0.25) is 0 Å². The summed E-state index contributed by atoms with van der Waals surface area (Å²) >= 11 is 0. The van der Waals surface area contributed by atoms with Gasteiger partial charge >= 0.3 is 33.5 Å². The number of aryl methyl sites for hydroxylation is 2. The summed E-state index contributed by atoms with van der Waals surface area (Å²) in [5, 5.41) is 3.16. The fraction of sp³-hybridized carbons (Fsp3) is 0.564. The lowest BCUT2D eigenvalue weighted by Gasteiger charge is -2.39. The Bertz CT molecular complexity index is 2040. The van der Waals surface area contributed by atoms with Crippen LogP contribution in [0.15, 0.2) is 69.6 Å². The van der Waals surface area contributed by atoms with Crippen molar-refractivity contribution in [2.24, 2.45) is 7.05 Å². The van der Waals surface area contributed by atoms with Crippen molar-refractivity contribution < 1.29 is 44.5 Å². The molecule has 4 aliphatic heterocycles. The van der Waals surface area contributed by atoms with Crippen LogP contribution in [0.1, 0.15) is 95.6 Å². The Balaban J connectivity index is 0.000000198. The van der Waals surface area contributed by atoms with Crippen LogP contribution in [0.2, 0.25) is 0 Å². The monoisotopic (exact) mass is 790 g/mol. The van der Waals surface area contributed by atoms with Crippen LogP contribution >= 0.6 is 0 Å². The van der Waals surface area contributed by atoms with E-state index in [9.17, 15) is 36.0 Å². The molecule has 7 rings (SSSR count). The molecule has 4 atom stereocenters. The number of halogens is 3. The Labute approximate surface area is 318 Å². The zero-order chi connectivity index (χ0) is 39.7. The standard InChI is InChI=1S/C26H31N3O3.C13H18F3NO5S/c1-28-23-13-10-19(17-24(23)32-26(28)31)20-15-21-11-12-22(16-20)29(21)25(30)27-14-6-5-9-18-7-3-2-4-8-18;1-12(2,3)21-11(18)17-8-4-5-9(17)7-10(6-8)22-23(19,20)13(14,15)16/h2-4,7-8,10,13,17,20-22H,5-6,9,11-12,14-16H2,1H3,(H,27,30);6,8-9H,4-5,7H2,1-3H3. The summed E-state index contributed by atoms with van der Waals surface area (Å²) in [6, 6.07) is 16.3. The molecule has 3 fully saturated rings. The van der Waals surface area contributed by atoms with Gasteiger partial charge in [0, 0.05) is 38.1 Å². The summed E-state index contributed by atoms with van der Waals surface area (Å²) in [6.45, 7) is 5.85. The van der Waals surface area contributed by atoms with E-state index < -0.39 is 39.4 Å². The maximum Gasteiger partial charge on any atom is 0.534 e. The van der Waals surface area contributed by atoms with Crippen molar-refractivity contribution in [3.05, 3.63) is 82.0 Å². The SMILES string of the molecule is CC(C)(C)OC(=O)N1C2C=C(OS(=O)(=O)C(F)(F)F)CC1CC2.Cn1c(=O)oc2cc(C3CC4CCC(C3)N4C(=O)NCCCCc3ccccc3)ccc21. The number of nitrogens with one attached hydrogen (secondary N) is 1. The average molecular weight is 791 g/mol. The smallest absolute Gasteiger partial charge is 0.444 e. The number of benzene rings is 2. The Kier molecular flexibility index (Phi) is 11.7. The molecule has 5 heterocycles. The van der Waals surface area contributed by atoms with Gasteiger partial charge in [-0.25, -0.2) is 14.4 Å². The summed E-state index contributed by atoms with van der Waals surface area (Å²) in [7, 11) is -3.96. The molecule has 0 spiro atoms. The molecule has 0 radical (unpaired) electrons. The predicted octanol–water partition coefficient (Wildman–Crippen LogP) is 7.48. The zero-order valence-corrected chi connectivity index (χ0v) is 32.3. The molecule has 2 aromatic carbocycles. The number of ether oxygens (including phenoxy) is 1. The lowest BCUT2D eigenvalue weighted by atomic mass is 9.85. The maximum absolute atomic E-state index is 12.9. The van der Waals surface area contributed by atoms with Crippen molar-refractivity contribution in [3.8, 4) is 0 Å². The number of unbranched alkanes of at least 4 members (excludes halogenated alkanes) is 1. The number of alkyl halides is 3. The number of oxazole rings is 1. The molecule has 55 heavy (non-hydrogen) atoms. The number of hydrogen-bond acceptors (Lipinski definition) is 8. The van der Waals surface area contributed by atoms with Gasteiger partial charge < -0.3 is 23.6 Å². The number of nitrogens with zero attached hydrogens (tertiary/aromatic N) is 3. The van der Waals surface area contributed by atoms with Gasteiger partial charge in [-0.15, -0.1) is 0 Å². The van der Waals surface area contributed by atoms with E-state index in [1.54, 1.807) is 27.8 Å². The van der Waals surface area contributed by atoms with E-state index in [1.807, 2.05) is 18.2 Å². The topological polar surface area (TPSA) is 140 Å². The highest BCUT2D eigenvalue weighted by molar-refractivity contribution is 7.87. The van der Waals surface area contributed by atoms with Gasteiger partial charge in [0.1, 0.15) is 11.4 Å². The van der Waals surface area contributed by atoms with Crippen molar-refractivity contribution in [3.63, 3.8) is 0 Å². The summed E-state index contributed by atoms with van der Waals surface area (Å²) < 4.78 is 75.6. The Morgan fingerprint density at radius 1 is 0.927 bits per heavy atom. The first kappa shape index (κ1) is 40.2. The van der Waals surface area contributed by atoms with Crippen molar-refractivity contribution >= 4 is 33.3 Å². The molecule has 300 valence electrons. The maximum atomic E-state index is 12.9. The lowest BCUT2D eigenvalue weighted by Crippen LogP contribution is -2.50. The Morgan fingerprint density at radius 3 is 2.24 bits per heavy atom. The van der Waals surface area contributed by atoms with Gasteiger partial charge in [-0.05, 0) is 114 Å². The molecular formula is C39H49F3N4O8S. The zero-order valence-electron chi connectivity index (χ0n) is 31.5. The molecule has 1 aromatic heterocycles. The van der Waals surface area contributed by atoms with Gasteiger partial charge in [0.05, 0.1) is 11.6 Å². The number of fused-ring (bicyclic) bond motifs is 5. The van der Waals surface area contributed by atoms with Crippen LogP contribution in [0.25, 0.3) is 11.1 Å². The minimum Gasteiger partial charge on any atom is -0.444 e. The first-order valence-electron chi connectivity index (χ1n) is 18.8. The van der Waals surface area contributed by atoms with Crippen LogP contribution in [0.4, 0.5) is 22.8 Å². The molecule has 3 amide bonds. The van der Waals surface area contributed by atoms with Crippen LogP contribution in [-0.2, 0) is 32.5 Å². The second kappa shape index (κ2) is 15.9. The van der Waals surface area contributed by atoms with Crippen molar-refractivity contribution in [1.29, 1.82) is 0 Å². The normalized spacial score (nSPS) is 23.5. The van der Waals surface area contributed by atoms with Crippen LogP contribution in [-0.4, -0.2) is 76.7 Å². The number of rotatable bonds is 8. The van der Waals surface area contributed by atoms with Crippen LogP contribution in [0.3, 0.4) is 0 Å². The van der Waals surface area contributed by atoms with Crippen molar-refractivity contribution in [2.75, 3.05) is 6.54 Å². The first-order chi connectivity index (χ1) is 25.9. The van der Waals surface area contributed by atoms with Crippen LogP contribution in [0.5, 0.6) is 0 Å². The third kappa shape index (κ3) is 9.33. The van der Waals surface area contributed by atoms with E-state index in [-0.39, 0.29) is 24.0 Å². The highest BCUT2D eigenvalue weighted by Crippen LogP contribution is 2.44. The summed E-state index contributed by atoms with van der Waals surface area (Å²) in [6.07, 6.45) is 8.87. The molecule has 4 unspecified atom stereocenters. The lowest BCUT2D eigenvalue weighted by molar-refractivity contribution is -0.0528. The van der Waals surface area contributed by atoms with E-state index >= 15 is 0 Å². The van der Waals surface area contributed by atoms with Gasteiger partial charge in [-0.2, -0.15) is 21.6 Å². The second-order valence-corrected chi connectivity index (χ2v) is 17.3. The van der Waals surface area contributed by atoms with E-state index in [4.69, 9.17) is 9.15 Å². The van der Waals surface area contributed by atoms with Gasteiger partial charge in [0.15, 0.2) is 5.58 Å². The van der Waals surface area contributed by atoms with E-state index in [0.29, 0.717) is 36.4 Å². The molecule has 1 N–H and O–H groups in total. The first-order valence-corrected chi connectivity index (χ1v) is 20.2. The van der Waals surface area contributed by atoms with E-state index in [2.05, 4.69) is 44.7 Å². The summed E-state index contributed by atoms with van der Waals surface area (Å²) in [5.74, 6) is -0.209. The van der Waals surface area contributed by atoms with Crippen LogP contribution < -0.4 is 11.1 Å². The van der Waals surface area contributed by atoms with Crippen LogP contribution in [0, 0.1) is 0 Å². The minimum atomic E-state index is -5.69. The van der Waals surface area contributed by atoms with Gasteiger partial charge in [-0.3, -0.25) is 9.47 Å². The van der Waals surface area contributed by atoms with E-state index in [1.165, 1.54) is 26.7 Å². The number of amides is 3. The van der Waals surface area contributed by atoms with Crippen molar-refractivity contribution in [2.45, 2.75) is 126 Å². The minimum absolute atomic E-state index is 0.0922. The fourth-order valence-electron chi connectivity index (χ4n) is 8.21. The molecule has 0 aliphatic carbocycles. The number of urea groups is 1. The van der Waals surface area contributed by atoms with E-state index in [0.717, 1.165) is 57.0 Å². The molecule has 0 saturated carbocycles. The Hall–Kier alpha value is -4.47. The number of piperidine rings is 1. The number of carbonyl (C=O) groups excluding carboxylic acids is 2. The number of carbonyl (C=O) groups is 2. The molecule has 3 aromatic rings. The quantitative estimate of drug-likeness (QED) is 0.141. The molecule has 4 aliphatic rings. The second-order valence-electron chi connectivity index (χ2n) is 15.8. The Morgan fingerprint density at radius 2 is 1.60 bits per heavy atom. The third-order valence-electron chi connectivity index (χ3n) is 10.7. The van der Waals surface area contributed by atoms with Crippen molar-refractivity contribution in [1.82, 2.24) is 19.7 Å². The fourth-order valence-corrected chi connectivity index (χ4v) is 8.71. The third-order valence-corrected chi connectivity index (χ3v) is 11.7. The van der Waals surface area contributed by atoms with Gasteiger partial charge in [0.25, 0.3) is 0 Å². The molecule has 4 bridgehead atoms. The highest BCUT2D eigenvalue weighted by Gasteiger charge is 2.50. The largest absolute Gasteiger partial charge is 0.534 e. The molecule has 16 heteroatoms. The average Bonchev–Trinajstić information content (AvgIpc) is 3.66. The highest BCUT2D eigenvalue weighted by atomic mass is 32.2. The molecule has 12 nitrogen and oxygen atoms in total. The molecular weight excluding hydrogens is 742 g/mol.